The predicted octanol–water partition coefficient (Wildman–Crippen LogP) is 2.47. The zero-order valence-electron chi connectivity index (χ0n) is 15.5. The van der Waals surface area contributed by atoms with Crippen LogP contribution in [0.3, 0.4) is 0 Å². The lowest BCUT2D eigenvalue weighted by molar-refractivity contribution is -0.159. The smallest absolute Gasteiger partial charge is 0.414 e. The maximum absolute atomic E-state index is 9.10. The second-order valence-electron chi connectivity index (χ2n) is 6.57. The molecule has 0 atom stereocenters. The highest BCUT2D eigenvalue weighted by Crippen LogP contribution is 2.13. The molecule has 1 aliphatic rings. The summed E-state index contributed by atoms with van der Waals surface area (Å²) in [5.41, 5.74) is 4.29. The van der Waals surface area contributed by atoms with Gasteiger partial charge in [0.1, 0.15) is 0 Å². The van der Waals surface area contributed by atoms with E-state index in [2.05, 4.69) is 71.3 Å². The first-order chi connectivity index (χ1) is 13.0. The van der Waals surface area contributed by atoms with Crippen molar-refractivity contribution in [1.29, 1.82) is 0 Å². The summed E-state index contributed by atoms with van der Waals surface area (Å²) in [6.45, 7) is 9.05. The number of hydrogen-bond donors (Lipinski definition) is 2. The Bertz CT molecular complexity index is 729. The molecule has 144 valence electrons. The average Bonchev–Trinajstić information content (AvgIpc) is 2.66. The van der Waals surface area contributed by atoms with E-state index in [1.54, 1.807) is 0 Å². The normalized spacial score (nSPS) is 14.9. The molecule has 0 unspecified atom stereocenters. The fourth-order valence-corrected chi connectivity index (χ4v) is 2.98. The minimum Gasteiger partial charge on any atom is -0.473 e. The summed E-state index contributed by atoms with van der Waals surface area (Å²) in [6, 6.07) is 19.5. The highest BCUT2D eigenvalue weighted by atomic mass is 16.4. The topological polar surface area (TPSA) is 81.1 Å². The Morgan fingerprint density at radius 2 is 1.26 bits per heavy atom. The molecule has 2 aromatic rings. The number of hydrogen-bond acceptors (Lipinski definition) is 4. The van der Waals surface area contributed by atoms with E-state index < -0.39 is 11.9 Å². The highest BCUT2D eigenvalue weighted by molar-refractivity contribution is 6.27. The van der Waals surface area contributed by atoms with Gasteiger partial charge >= 0.3 is 11.9 Å². The number of piperazine rings is 1. The van der Waals surface area contributed by atoms with Crippen molar-refractivity contribution in [2.24, 2.45) is 0 Å². The Balaban J connectivity index is 0.000000380. The van der Waals surface area contributed by atoms with Crippen molar-refractivity contribution < 1.29 is 19.8 Å². The number of carbonyl (C=O) groups is 2. The summed E-state index contributed by atoms with van der Waals surface area (Å²) >= 11 is 0. The molecule has 0 aliphatic carbocycles. The van der Waals surface area contributed by atoms with Crippen molar-refractivity contribution in [3.8, 4) is 0 Å². The van der Waals surface area contributed by atoms with Crippen molar-refractivity contribution in [3.63, 3.8) is 0 Å². The first-order valence-electron chi connectivity index (χ1n) is 8.95. The van der Waals surface area contributed by atoms with Crippen molar-refractivity contribution in [1.82, 2.24) is 9.80 Å². The molecule has 27 heavy (non-hydrogen) atoms. The molecule has 6 heteroatoms. The second kappa shape index (κ2) is 10.4. The van der Waals surface area contributed by atoms with Crippen LogP contribution in [0.4, 0.5) is 0 Å². The van der Waals surface area contributed by atoms with E-state index >= 15 is 0 Å². The van der Waals surface area contributed by atoms with Crippen molar-refractivity contribution in [2.45, 2.75) is 20.0 Å². The molecule has 1 saturated heterocycles. The maximum Gasteiger partial charge on any atom is 0.414 e. The van der Waals surface area contributed by atoms with Crippen molar-refractivity contribution in [3.05, 3.63) is 71.3 Å². The molecule has 0 bridgehead atoms. The molecule has 1 aliphatic heterocycles. The predicted molar refractivity (Wildman–Crippen MR) is 103 cm³/mol. The summed E-state index contributed by atoms with van der Waals surface area (Å²) < 4.78 is 0. The minimum absolute atomic E-state index is 1.08. The van der Waals surface area contributed by atoms with Gasteiger partial charge in [0, 0.05) is 39.3 Å². The quantitative estimate of drug-likeness (QED) is 0.805. The van der Waals surface area contributed by atoms with Crippen LogP contribution in [-0.2, 0) is 22.7 Å². The van der Waals surface area contributed by atoms with Gasteiger partial charge in [0.2, 0.25) is 0 Å². The molecule has 0 radical (unpaired) electrons. The molecule has 0 saturated carbocycles. The Kier molecular flexibility index (Phi) is 7.98. The van der Waals surface area contributed by atoms with E-state index in [4.69, 9.17) is 19.8 Å². The summed E-state index contributed by atoms with van der Waals surface area (Å²) in [5, 5.41) is 14.8. The van der Waals surface area contributed by atoms with Gasteiger partial charge in [0.15, 0.2) is 0 Å². The third kappa shape index (κ3) is 7.21. The third-order valence-corrected chi connectivity index (χ3v) is 4.55. The molecule has 1 fully saturated rings. The maximum atomic E-state index is 9.10. The molecule has 0 amide bonds. The van der Waals surface area contributed by atoms with Crippen LogP contribution in [-0.4, -0.2) is 58.1 Å². The lowest BCUT2D eigenvalue weighted by Gasteiger charge is -2.35. The number of benzene rings is 2. The van der Waals surface area contributed by atoms with Crippen LogP contribution in [0.15, 0.2) is 54.6 Å². The zero-order chi connectivity index (χ0) is 19.6. The van der Waals surface area contributed by atoms with Crippen LogP contribution < -0.4 is 0 Å². The number of carboxylic acid groups (broad SMARTS) is 2. The van der Waals surface area contributed by atoms with Gasteiger partial charge in [0.05, 0.1) is 0 Å². The second-order valence-corrected chi connectivity index (χ2v) is 6.57. The molecule has 2 N–H and O–H groups in total. The number of aryl methyl sites for hydroxylation is 1. The van der Waals surface area contributed by atoms with E-state index in [1.165, 1.54) is 42.9 Å². The lowest BCUT2D eigenvalue weighted by Crippen LogP contribution is -2.45. The number of carboxylic acids is 2. The van der Waals surface area contributed by atoms with Gasteiger partial charge in [-0.05, 0) is 23.6 Å². The van der Waals surface area contributed by atoms with Gasteiger partial charge in [-0.1, -0.05) is 54.6 Å². The molecule has 0 spiro atoms. The molecular formula is C21H26N2O4. The molecule has 3 rings (SSSR count). The van der Waals surface area contributed by atoms with Crippen LogP contribution in [0.2, 0.25) is 0 Å². The molecule has 6 nitrogen and oxygen atoms in total. The van der Waals surface area contributed by atoms with Gasteiger partial charge in [-0.2, -0.15) is 0 Å². The molecule has 0 aromatic heterocycles. The highest BCUT2D eigenvalue weighted by Gasteiger charge is 2.17. The minimum atomic E-state index is -1.82. The number of rotatable bonds is 4. The van der Waals surface area contributed by atoms with Crippen LogP contribution in [0.5, 0.6) is 0 Å². The summed E-state index contributed by atoms with van der Waals surface area (Å²) in [6.07, 6.45) is 0. The van der Waals surface area contributed by atoms with Crippen LogP contribution in [0, 0.1) is 6.92 Å². The van der Waals surface area contributed by atoms with Gasteiger partial charge in [-0.3, -0.25) is 9.80 Å². The molecular weight excluding hydrogens is 344 g/mol. The third-order valence-electron chi connectivity index (χ3n) is 4.55. The zero-order valence-corrected chi connectivity index (χ0v) is 15.5. The van der Waals surface area contributed by atoms with E-state index in [9.17, 15) is 0 Å². The summed E-state index contributed by atoms with van der Waals surface area (Å²) in [7, 11) is 0. The van der Waals surface area contributed by atoms with Gasteiger partial charge in [0.25, 0.3) is 0 Å². The van der Waals surface area contributed by atoms with Crippen LogP contribution in [0.25, 0.3) is 0 Å². The van der Waals surface area contributed by atoms with Gasteiger partial charge in [-0.15, -0.1) is 0 Å². The number of nitrogens with zero attached hydrogens (tertiary/aromatic N) is 2. The fourth-order valence-electron chi connectivity index (χ4n) is 2.98. The SMILES string of the molecule is Cc1ccccc1CN1CCN(Cc2ccccc2)CC1.O=C(O)C(=O)O. The standard InChI is InChI=1S/C19H24N2.C2H2O4/c1-17-7-5-6-10-19(17)16-21-13-11-20(12-14-21)15-18-8-3-2-4-9-18;3-1(4)2(5)6/h2-10H,11-16H2,1H3;(H,3,4)(H,5,6). The van der Waals surface area contributed by atoms with E-state index in [-0.39, 0.29) is 0 Å². The van der Waals surface area contributed by atoms with E-state index in [1.807, 2.05) is 0 Å². The van der Waals surface area contributed by atoms with Gasteiger partial charge < -0.3 is 10.2 Å². The summed E-state index contributed by atoms with van der Waals surface area (Å²) in [4.78, 5) is 23.3. The fraction of sp³-hybridized carbons (Fsp3) is 0.333. The molecule has 2 aromatic carbocycles. The lowest BCUT2D eigenvalue weighted by atomic mass is 10.1. The Labute approximate surface area is 159 Å². The monoisotopic (exact) mass is 370 g/mol. The van der Waals surface area contributed by atoms with Crippen molar-refractivity contribution in [2.75, 3.05) is 26.2 Å². The largest absolute Gasteiger partial charge is 0.473 e. The van der Waals surface area contributed by atoms with Crippen LogP contribution in [0.1, 0.15) is 16.7 Å². The van der Waals surface area contributed by atoms with Gasteiger partial charge in [-0.25, -0.2) is 9.59 Å². The number of aliphatic carboxylic acids is 2. The van der Waals surface area contributed by atoms with E-state index in [0.29, 0.717) is 0 Å². The Morgan fingerprint density at radius 1 is 0.778 bits per heavy atom. The Morgan fingerprint density at radius 3 is 1.78 bits per heavy atom. The van der Waals surface area contributed by atoms with E-state index in [0.717, 1.165) is 13.1 Å². The Hall–Kier alpha value is -2.70. The van der Waals surface area contributed by atoms with Crippen molar-refractivity contribution >= 4 is 11.9 Å². The molecule has 1 heterocycles. The van der Waals surface area contributed by atoms with Crippen LogP contribution >= 0.6 is 0 Å². The first-order valence-corrected chi connectivity index (χ1v) is 8.95. The average molecular weight is 370 g/mol. The first kappa shape index (κ1) is 20.6. The summed E-state index contributed by atoms with van der Waals surface area (Å²) in [5.74, 6) is -3.65.